The number of hydrogen-bond donors (Lipinski definition) is 1. The molecule has 7 atom stereocenters. The van der Waals surface area contributed by atoms with Crippen molar-refractivity contribution < 1.29 is 14.0 Å². The van der Waals surface area contributed by atoms with Gasteiger partial charge in [0.1, 0.15) is 0 Å². The monoisotopic (exact) mass is 574 g/mol. The predicted molar refractivity (Wildman–Crippen MR) is 173 cm³/mol. The summed E-state index contributed by atoms with van der Waals surface area (Å²) in [6, 6.07) is 0. The average Bonchev–Trinajstić information content (AvgIpc) is 3.13. The van der Waals surface area contributed by atoms with Crippen LogP contribution in [0, 0.1) is 29.1 Å². The summed E-state index contributed by atoms with van der Waals surface area (Å²) in [7, 11) is -3.41. The summed E-state index contributed by atoms with van der Waals surface area (Å²) in [6.45, 7) is 29.6. The van der Waals surface area contributed by atoms with Gasteiger partial charge < -0.3 is 14.0 Å². The molecule has 0 heterocycles. The summed E-state index contributed by atoms with van der Waals surface area (Å²) in [5.74, 6) is 2.53. The Kier molecular flexibility index (Phi) is 10.5. The molecule has 3 nitrogen and oxygen atoms in total. The summed E-state index contributed by atoms with van der Waals surface area (Å²) in [5, 5.41) is 10.2. The van der Waals surface area contributed by atoms with E-state index in [-0.39, 0.29) is 12.2 Å². The fourth-order valence-corrected chi connectivity index (χ4v) is 10.4. The number of aliphatic hydroxyl groups is 1. The van der Waals surface area contributed by atoms with Crippen LogP contribution in [0.15, 0.2) is 35.5 Å². The van der Waals surface area contributed by atoms with Crippen LogP contribution in [0.2, 0.25) is 39.3 Å². The van der Waals surface area contributed by atoms with Crippen molar-refractivity contribution in [1.82, 2.24) is 0 Å². The van der Waals surface area contributed by atoms with Gasteiger partial charge in [-0.2, -0.15) is 0 Å². The van der Waals surface area contributed by atoms with E-state index in [1.165, 1.54) is 49.7 Å². The van der Waals surface area contributed by atoms with Gasteiger partial charge in [-0.25, -0.2) is 0 Å². The third-order valence-electron chi connectivity index (χ3n) is 9.90. The molecule has 39 heavy (non-hydrogen) atoms. The van der Waals surface area contributed by atoms with Gasteiger partial charge in [-0.1, -0.05) is 57.9 Å². The Labute approximate surface area is 244 Å². The van der Waals surface area contributed by atoms with Gasteiger partial charge in [0.25, 0.3) is 0 Å². The number of hydrogen-bond acceptors (Lipinski definition) is 3. The molecule has 1 N–H and O–H groups in total. The van der Waals surface area contributed by atoms with Gasteiger partial charge in [0.15, 0.2) is 16.6 Å². The fourth-order valence-electron chi connectivity index (χ4n) is 8.05. The van der Waals surface area contributed by atoms with Crippen LogP contribution in [-0.2, 0) is 8.85 Å². The van der Waals surface area contributed by atoms with E-state index >= 15 is 0 Å². The summed E-state index contributed by atoms with van der Waals surface area (Å²) in [6.07, 6.45) is 15.9. The predicted octanol–water partition coefficient (Wildman–Crippen LogP) is 9.67. The van der Waals surface area contributed by atoms with Crippen LogP contribution in [0.1, 0.15) is 92.4 Å². The molecule has 0 aromatic carbocycles. The van der Waals surface area contributed by atoms with E-state index in [1.807, 2.05) is 13.8 Å². The van der Waals surface area contributed by atoms with Crippen molar-refractivity contribution in [3.8, 4) is 0 Å². The molecule has 0 bridgehead atoms. The molecule has 0 amide bonds. The second-order valence-electron chi connectivity index (χ2n) is 16.2. The Morgan fingerprint density at radius 1 is 1.08 bits per heavy atom. The minimum atomic E-state index is -1.73. The van der Waals surface area contributed by atoms with E-state index in [1.54, 1.807) is 5.57 Å². The van der Waals surface area contributed by atoms with Gasteiger partial charge in [-0.05, 0) is 132 Å². The van der Waals surface area contributed by atoms with Crippen molar-refractivity contribution >= 4 is 16.6 Å². The maximum Gasteiger partial charge on any atom is 0.184 e. The molecule has 1 unspecified atom stereocenters. The van der Waals surface area contributed by atoms with Crippen LogP contribution in [-0.4, -0.2) is 39.6 Å². The highest BCUT2D eigenvalue weighted by molar-refractivity contribution is 6.70. The van der Waals surface area contributed by atoms with Crippen LogP contribution < -0.4 is 0 Å². The van der Waals surface area contributed by atoms with Crippen LogP contribution in [0.25, 0.3) is 0 Å². The molecule has 5 heteroatoms. The smallest absolute Gasteiger partial charge is 0.184 e. The van der Waals surface area contributed by atoms with E-state index in [2.05, 4.69) is 78.8 Å². The lowest BCUT2D eigenvalue weighted by atomic mass is 9.60. The van der Waals surface area contributed by atoms with Crippen molar-refractivity contribution in [2.45, 2.75) is 149 Å². The summed E-state index contributed by atoms with van der Waals surface area (Å²) in [5.41, 5.74) is 4.05. The van der Waals surface area contributed by atoms with Crippen molar-refractivity contribution in [3.63, 3.8) is 0 Å². The Morgan fingerprint density at radius 2 is 1.72 bits per heavy atom. The van der Waals surface area contributed by atoms with Crippen LogP contribution in [0.5, 0.6) is 0 Å². The Bertz CT molecular complexity index is 916. The zero-order valence-corrected chi connectivity index (χ0v) is 29.5. The van der Waals surface area contributed by atoms with Gasteiger partial charge >= 0.3 is 0 Å². The quantitative estimate of drug-likeness (QED) is 0.264. The van der Waals surface area contributed by atoms with E-state index in [4.69, 9.17) is 8.85 Å². The first-order valence-electron chi connectivity index (χ1n) is 16.0. The van der Waals surface area contributed by atoms with Gasteiger partial charge in [0.2, 0.25) is 0 Å². The maximum atomic E-state index is 10.2. The van der Waals surface area contributed by atoms with Gasteiger partial charge in [-0.3, -0.25) is 0 Å². The van der Waals surface area contributed by atoms with E-state index < -0.39 is 22.2 Å². The molecule has 3 saturated carbocycles. The van der Waals surface area contributed by atoms with E-state index in [0.29, 0.717) is 17.3 Å². The van der Waals surface area contributed by atoms with Crippen LogP contribution >= 0.6 is 0 Å². The third-order valence-corrected chi connectivity index (χ3v) is 11.9. The highest BCUT2D eigenvalue weighted by Crippen LogP contribution is 2.60. The van der Waals surface area contributed by atoms with Crippen molar-refractivity contribution in [2.24, 2.45) is 29.1 Å². The molecule has 3 aliphatic rings. The van der Waals surface area contributed by atoms with E-state index in [0.717, 1.165) is 31.1 Å². The second kappa shape index (κ2) is 12.4. The zero-order valence-electron chi connectivity index (χ0n) is 27.5. The normalized spacial score (nSPS) is 35.5. The Morgan fingerprint density at radius 3 is 2.31 bits per heavy atom. The lowest BCUT2D eigenvalue weighted by Crippen LogP contribution is -2.47. The minimum Gasteiger partial charge on any atom is -0.414 e. The van der Waals surface area contributed by atoms with Crippen molar-refractivity contribution in [3.05, 3.63) is 35.5 Å². The number of allylic oxidation sites excluding steroid dienone is 3. The molecule has 3 aliphatic carbocycles. The van der Waals surface area contributed by atoms with Crippen LogP contribution in [0.3, 0.4) is 0 Å². The van der Waals surface area contributed by atoms with Crippen molar-refractivity contribution in [2.75, 3.05) is 0 Å². The third kappa shape index (κ3) is 8.76. The molecule has 3 fully saturated rings. The minimum absolute atomic E-state index is 0.0497. The second-order valence-corrected chi connectivity index (χ2v) is 25.1. The lowest BCUT2D eigenvalue weighted by Gasteiger charge is -2.45. The average molecular weight is 575 g/mol. The molecule has 0 radical (unpaired) electrons. The lowest BCUT2D eigenvalue weighted by molar-refractivity contribution is 0.0478. The molecule has 0 saturated heterocycles. The summed E-state index contributed by atoms with van der Waals surface area (Å²) in [4.78, 5) is 0. The molecule has 3 rings (SSSR count). The van der Waals surface area contributed by atoms with Crippen LogP contribution in [0.4, 0.5) is 0 Å². The zero-order chi connectivity index (χ0) is 29.4. The number of fused-ring (bicyclic) bond motifs is 1. The first-order chi connectivity index (χ1) is 17.8. The van der Waals surface area contributed by atoms with E-state index in [9.17, 15) is 5.11 Å². The molecule has 0 aliphatic heterocycles. The number of rotatable bonds is 10. The standard InChI is InChI=1S/C34H62O3Si2/c1-24(15-13-21-33(4,5)35)29-19-20-30-27(16-14-22-34(29,30)6)17-18-28-23-31(36-38(7,8)9)26(3)32(25(28)2)37-39(10,11)12/h17-18,24,26,29-32,35H,2,13-16,19-23H2,1,3-12H3/b27-17?,28-18-/t24-,26+,29+,30?,31-,32-,34+/m0/s1. The first-order valence-corrected chi connectivity index (χ1v) is 22.8. The maximum absolute atomic E-state index is 10.2. The summed E-state index contributed by atoms with van der Waals surface area (Å²) >= 11 is 0. The topological polar surface area (TPSA) is 38.7 Å². The first kappa shape index (κ1) is 33.0. The van der Waals surface area contributed by atoms with Crippen molar-refractivity contribution in [1.29, 1.82) is 0 Å². The largest absolute Gasteiger partial charge is 0.414 e. The Hall–Kier alpha value is -0.466. The highest BCUT2D eigenvalue weighted by atomic mass is 28.4. The molecular weight excluding hydrogens is 513 g/mol. The fraction of sp³-hybridized carbons (Fsp3) is 0.824. The molecule has 0 spiro atoms. The van der Waals surface area contributed by atoms with Gasteiger partial charge in [-0.15, -0.1) is 0 Å². The molecule has 0 aromatic rings. The van der Waals surface area contributed by atoms with Gasteiger partial charge in [0.05, 0.1) is 17.8 Å². The molecular formula is C34H62O3Si2. The highest BCUT2D eigenvalue weighted by Gasteiger charge is 2.50. The molecule has 0 aromatic heterocycles. The Balaban J connectivity index is 1.81. The SMILES string of the molecule is C=C1/C(=C\C=C2CCC[C@@]3(C)C2CC[C@@H]3[C@@H](C)CCCC(C)(C)O)C[C@H](O[Si](C)(C)C)[C@@H](C)[C@H]1O[Si](C)(C)C. The van der Waals surface area contributed by atoms with Gasteiger partial charge in [0, 0.05) is 5.92 Å². The molecule has 224 valence electrons. The summed E-state index contributed by atoms with van der Waals surface area (Å²) < 4.78 is 13.5.